The van der Waals surface area contributed by atoms with Crippen molar-refractivity contribution in [2.24, 2.45) is 0 Å². The molecule has 0 aromatic heterocycles. The molecule has 0 aliphatic heterocycles. The molecule has 6 heavy (non-hydrogen) atoms. The average molecular weight is 179 g/mol. The van der Waals surface area contributed by atoms with Crippen LogP contribution < -0.4 is 0 Å². The van der Waals surface area contributed by atoms with Gasteiger partial charge in [0, 0.05) is 0 Å². The van der Waals surface area contributed by atoms with Crippen LogP contribution in [-0.4, -0.2) is 16.4 Å². The normalized spacial score (nSPS) is 1.33. The molecule has 0 atom stereocenters. The molecular formula is H6NbO5. The summed E-state index contributed by atoms with van der Waals surface area (Å²) < 4.78 is 17.0. The van der Waals surface area contributed by atoms with Crippen LogP contribution in [0, 0.1) is 0 Å². The van der Waals surface area contributed by atoms with Crippen molar-refractivity contribution in [3.8, 4) is 0 Å². The molecule has 0 bridgehead atoms. The number of rotatable bonds is 0. The van der Waals surface area contributed by atoms with Crippen LogP contribution in [0.15, 0.2) is 0 Å². The Bertz CT molecular complexity index is 24.9. The van der Waals surface area contributed by atoms with E-state index in [9.17, 15) is 0 Å². The van der Waals surface area contributed by atoms with Gasteiger partial charge < -0.3 is 16.4 Å². The molecule has 0 unspecified atom stereocenters. The van der Waals surface area contributed by atoms with E-state index in [2.05, 4.69) is 0 Å². The molecular weight excluding hydrogens is 173 g/mol. The Morgan fingerprint density at radius 1 is 0.833 bits per heavy atom. The Morgan fingerprint density at radius 2 is 0.833 bits per heavy atom. The van der Waals surface area contributed by atoms with Gasteiger partial charge in [0.1, 0.15) is 0 Å². The summed E-state index contributed by atoms with van der Waals surface area (Å²) in [5.74, 6) is 0. The molecule has 0 heterocycles. The van der Waals surface area contributed by atoms with Crippen LogP contribution in [0.4, 0.5) is 0 Å². The van der Waals surface area contributed by atoms with Crippen molar-refractivity contribution in [2.45, 2.75) is 0 Å². The van der Waals surface area contributed by atoms with Gasteiger partial charge in [-0.1, -0.05) is 0 Å². The second kappa shape index (κ2) is 62.4. The van der Waals surface area contributed by atoms with Gasteiger partial charge in [0.15, 0.2) is 0 Å². The van der Waals surface area contributed by atoms with Crippen molar-refractivity contribution >= 4 is 0 Å². The van der Waals surface area contributed by atoms with Gasteiger partial charge in [0.05, 0.1) is 0 Å². The molecule has 0 saturated carbocycles. The molecule has 0 radical (unpaired) electrons. The van der Waals surface area contributed by atoms with Crippen LogP contribution in [0.25, 0.3) is 0 Å². The fourth-order valence-corrected chi connectivity index (χ4v) is 0. The summed E-state index contributed by atoms with van der Waals surface area (Å²) in [4.78, 5) is 0. The van der Waals surface area contributed by atoms with Gasteiger partial charge in [-0.05, 0) is 0 Å². The SMILES string of the molecule is O.O.O.[O]=[Nb]=[O]. The molecule has 0 aromatic rings. The molecule has 5 nitrogen and oxygen atoms in total. The maximum absolute atomic E-state index is 8.52. The molecule has 0 fully saturated rings. The number of hydrogen-bond donors (Lipinski definition) is 0. The summed E-state index contributed by atoms with van der Waals surface area (Å²) in [5.41, 5.74) is 0. The predicted molar refractivity (Wildman–Crippen MR) is 12.2 cm³/mol. The Morgan fingerprint density at radius 3 is 0.833 bits per heavy atom. The van der Waals surface area contributed by atoms with Crippen LogP contribution in [0.1, 0.15) is 0 Å². The summed E-state index contributed by atoms with van der Waals surface area (Å²) in [6.07, 6.45) is 0. The van der Waals surface area contributed by atoms with Crippen molar-refractivity contribution in [1.82, 2.24) is 0 Å². The summed E-state index contributed by atoms with van der Waals surface area (Å²) in [7, 11) is 0. The van der Waals surface area contributed by atoms with Crippen LogP contribution in [0.2, 0.25) is 0 Å². The van der Waals surface area contributed by atoms with Crippen molar-refractivity contribution in [1.29, 1.82) is 0 Å². The predicted octanol–water partition coefficient (Wildman–Crippen LogP) is -2.71. The first-order valence-electron chi connectivity index (χ1n) is 0.365. The Kier molecular flexibility index (Phi) is 358. The zero-order valence-corrected chi connectivity index (χ0v) is 4.96. The van der Waals surface area contributed by atoms with Gasteiger partial charge in [-0.25, -0.2) is 0 Å². The van der Waals surface area contributed by atoms with E-state index in [0.29, 0.717) is 0 Å². The van der Waals surface area contributed by atoms with Crippen LogP contribution in [0.3, 0.4) is 0 Å². The van der Waals surface area contributed by atoms with E-state index in [1.54, 1.807) is 0 Å². The Labute approximate surface area is 43.3 Å². The van der Waals surface area contributed by atoms with E-state index in [-0.39, 0.29) is 16.4 Å². The third-order valence-electron chi connectivity index (χ3n) is 0. The van der Waals surface area contributed by atoms with Crippen molar-refractivity contribution in [2.75, 3.05) is 0 Å². The second-order valence-corrected chi connectivity index (χ2v) is 0.441. The Balaban J connectivity index is -0.00000000667. The third kappa shape index (κ3) is 902. The zero-order chi connectivity index (χ0) is 2.71. The van der Waals surface area contributed by atoms with E-state index in [1.165, 1.54) is 0 Å². The summed E-state index contributed by atoms with van der Waals surface area (Å²) in [6.45, 7) is 0. The van der Waals surface area contributed by atoms with Crippen molar-refractivity contribution in [3.05, 3.63) is 0 Å². The fraction of sp³-hybridized carbons (Fsp3) is 0. The second-order valence-electron chi connectivity index (χ2n) is 0.0745. The first-order chi connectivity index (χ1) is 1.41. The molecule has 0 aliphatic carbocycles. The summed E-state index contributed by atoms with van der Waals surface area (Å²) in [5, 5.41) is 0. The summed E-state index contributed by atoms with van der Waals surface area (Å²) >= 11 is -2.15. The number of hydrogen-bond acceptors (Lipinski definition) is 2. The van der Waals surface area contributed by atoms with Gasteiger partial charge in [-0.15, -0.1) is 0 Å². The Hall–Kier alpha value is 0.220. The minimum absolute atomic E-state index is 0. The van der Waals surface area contributed by atoms with Gasteiger partial charge in [-0.2, -0.15) is 0 Å². The minimum atomic E-state index is -2.15. The van der Waals surface area contributed by atoms with Crippen molar-refractivity contribution in [3.63, 3.8) is 0 Å². The monoisotopic (exact) mass is 179 g/mol. The van der Waals surface area contributed by atoms with Crippen LogP contribution in [0.5, 0.6) is 0 Å². The van der Waals surface area contributed by atoms with Crippen LogP contribution in [-0.2, 0) is 26.2 Å². The van der Waals surface area contributed by atoms with E-state index in [1.807, 2.05) is 0 Å². The molecule has 41 valence electrons. The topological polar surface area (TPSA) is 129 Å². The summed E-state index contributed by atoms with van der Waals surface area (Å²) in [6, 6.07) is 0. The molecule has 0 aliphatic rings. The fourth-order valence-electron chi connectivity index (χ4n) is 0. The molecule has 0 rings (SSSR count). The molecule has 6 heteroatoms. The van der Waals surface area contributed by atoms with E-state index in [0.717, 1.165) is 0 Å². The van der Waals surface area contributed by atoms with Gasteiger partial charge in [0.2, 0.25) is 0 Å². The van der Waals surface area contributed by atoms with E-state index >= 15 is 0 Å². The van der Waals surface area contributed by atoms with Gasteiger partial charge in [0.25, 0.3) is 0 Å². The van der Waals surface area contributed by atoms with Gasteiger partial charge in [-0.3, -0.25) is 0 Å². The third-order valence-corrected chi connectivity index (χ3v) is 0. The molecule has 0 spiro atoms. The van der Waals surface area contributed by atoms with Crippen LogP contribution >= 0.6 is 0 Å². The molecule has 0 amide bonds. The van der Waals surface area contributed by atoms with E-state index < -0.39 is 19.7 Å². The zero-order valence-electron chi connectivity index (χ0n) is 2.76. The van der Waals surface area contributed by atoms with Crippen molar-refractivity contribution < 1.29 is 42.6 Å². The molecule has 6 N–H and O–H groups in total. The quantitative estimate of drug-likeness (QED) is 0.374. The standard InChI is InChI=1S/Nb.3H2O.2O/h;3*1H2;;. The first-order valence-corrected chi connectivity index (χ1v) is 2.16. The van der Waals surface area contributed by atoms with Gasteiger partial charge >= 0.3 is 26.2 Å². The average Bonchev–Trinajstić information content (AvgIpc) is 0.918. The maximum atomic E-state index is 8.52. The molecule has 0 saturated heterocycles. The molecule has 0 aromatic carbocycles. The van der Waals surface area contributed by atoms with E-state index in [4.69, 9.17) is 6.50 Å². The first kappa shape index (κ1) is 34.4.